The number of fused-ring (bicyclic) bond motifs is 8. The van der Waals surface area contributed by atoms with Gasteiger partial charge in [0.2, 0.25) is 0 Å². The average molecular weight is 423 g/mol. The van der Waals surface area contributed by atoms with E-state index in [1.807, 2.05) is 34.0 Å². The van der Waals surface area contributed by atoms with Gasteiger partial charge >= 0.3 is 0 Å². The third-order valence-electron chi connectivity index (χ3n) is 5.71. The highest BCUT2D eigenvalue weighted by atomic mass is 32.1. The molecule has 0 N–H and O–H groups in total. The number of benzene rings is 4. The summed E-state index contributed by atoms with van der Waals surface area (Å²) < 4.78 is 8.34. The summed E-state index contributed by atoms with van der Waals surface area (Å²) >= 11 is 5.75. The molecular weight excluding hydrogens is 408 g/mol. The van der Waals surface area contributed by atoms with Gasteiger partial charge in [0.25, 0.3) is 0 Å². The van der Waals surface area contributed by atoms with Gasteiger partial charge in [-0.1, -0.05) is 60.7 Å². The summed E-state index contributed by atoms with van der Waals surface area (Å²) in [5, 5.41) is 5.55. The fourth-order valence-electron chi connectivity index (χ4n) is 4.47. The second kappa shape index (κ2) is 5.90. The van der Waals surface area contributed by atoms with Crippen LogP contribution in [0.2, 0.25) is 0 Å². The van der Waals surface area contributed by atoms with Crippen molar-refractivity contribution in [2.24, 2.45) is 0 Å². The van der Waals surface area contributed by atoms with Crippen molar-refractivity contribution in [1.82, 2.24) is 0 Å². The van der Waals surface area contributed by atoms with Crippen LogP contribution in [-0.2, 0) is 0 Å². The molecule has 0 amide bonds. The quantitative estimate of drug-likeness (QED) is 0.247. The molecule has 0 atom stereocenters. The molecule has 7 aromatic rings. The van der Waals surface area contributed by atoms with Gasteiger partial charge in [0, 0.05) is 40.3 Å². The van der Waals surface area contributed by atoms with Gasteiger partial charge in [-0.3, -0.25) is 0 Å². The number of rotatable bonds is 1. The van der Waals surface area contributed by atoms with E-state index in [4.69, 9.17) is 0 Å². The van der Waals surface area contributed by atoms with Gasteiger partial charge in [-0.25, -0.2) is 0 Å². The third-order valence-corrected chi connectivity index (χ3v) is 9.35. The maximum atomic E-state index is 2.31. The molecule has 0 aliphatic heterocycles. The Bertz CT molecular complexity index is 1710. The summed E-state index contributed by atoms with van der Waals surface area (Å²) in [6, 6.07) is 31.1. The molecule has 0 saturated carbocycles. The Morgan fingerprint density at radius 1 is 0.379 bits per heavy atom. The van der Waals surface area contributed by atoms with Crippen LogP contribution in [0.5, 0.6) is 0 Å². The molecule has 0 radical (unpaired) electrons. The lowest BCUT2D eigenvalue weighted by atomic mass is 9.97. The van der Waals surface area contributed by atoms with E-state index >= 15 is 0 Å². The zero-order valence-corrected chi connectivity index (χ0v) is 17.8. The standard InChI is InChI=1S/C26H14S3/c1-3-11-19-17(7-1)23-15(9-5-13-21(23)27-19)16-10-6-14-22-24(16)26-25(29-22)18-8-2-4-12-20(18)28-26/h1-14H. The topological polar surface area (TPSA) is 0 Å². The van der Waals surface area contributed by atoms with Crippen molar-refractivity contribution in [3.63, 3.8) is 0 Å². The molecule has 7 rings (SSSR count). The number of hydrogen-bond donors (Lipinski definition) is 0. The lowest BCUT2D eigenvalue weighted by Crippen LogP contribution is -1.80. The Labute approximate surface area is 179 Å². The molecule has 29 heavy (non-hydrogen) atoms. The van der Waals surface area contributed by atoms with Crippen molar-refractivity contribution >= 4 is 83.8 Å². The van der Waals surface area contributed by atoms with Crippen LogP contribution in [0.1, 0.15) is 0 Å². The molecule has 0 spiro atoms. The van der Waals surface area contributed by atoms with Crippen molar-refractivity contribution in [2.45, 2.75) is 0 Å². The van der Waals surface area contributed by atoms with E-state index in [-0.39, 0.29) is 0 Å². The van der Waals surface area contributed by atoms with Crippen LogP contribution >= 0.6 is 34.0 Å². The first-order valence-electron chi connectivity index (χ1n) is 9.62. The molecule has 0 aliphatic carbocycles. The van der Waals surface area contributed by atoms with Crippen LogP contribution in [-0.4, -0.2) is 0 Å². The predicted molar refractivity (Wildman–Crippen MR) is 133 cm³/mol. The van der Waals surface area contributed by atoms with Gasteiger partial charge in [0.15, 0.2) is 0 Å². The molecule has 0 aliphatic rings. The average Bonchev–Trinajstić information content (AvgIpc) is 3.42. The molecule has 0 saturated heterocycles. The summed E-state index contributed by atoms with van der Waals surface area (Å²) in [6.07, 6.45) is 0. The molecule has 3 heteroatoms. The fourth-order valence-corrected chi connectivity index (χ4v) is 8.32. The van der Waals surface area contributed by atoms with E-state index in [9.17, 15) is 0 Å². The first-order valence-corrected chi connectivity index (χ1v) is 12.1. The van der Waals surface area contributed by atoms with E-state index in [2.05, 4.69) is 84.9 Å². The Kier molecular flexibility index (Phi) is 3.28. The molecule has 0 bridgehead atoms. The van der Waals surface area contributed by atoms with Crippen LogP contribution < -0.4 is 0 Å². The maximum Gasteiger partial charge on any atom is 0.0548 e. The van der Waals surface area contributed by atoms with E-state index in [0.717, 1.165) is 0 Å². The normalized spacial score (nSPS) is 12.1. The minimum Gasteiger partial charge on any atom is -0.135 e. The van der Waals surface area contributed by atoms with Crippen LogP contribution in [0.3, 0.4) is 0 Å². The molecule has 3 aromatic heterocycles. The van der Waals surface area contributed by atoms with E-state index in [1.165, 1.54) is 60.9 Å². The van der Waals surface area contributed by atoms with E-state index in [0.29, 0.717) is 0 Å². The Morgan fingerprint density at radius 2 is 0.931 bits per heavy atom. The molecule has 3 heterocycles. The highest BCUT2D eigenvalue weighted by molar-refractivity contribution is 7.36. The van der Waals surface area contributed by atoms with Gasteiger partial charge in [-0.05, 0) is 35.4 Å². The Balaban J connectivity index is 1.67. The van der Waals surface area contributed by atoms with Gasteiger partial charge in [-0.15, -0.1) is 34.0 Å². The van der Waals surface area contributed by atoms with E-state index in [1.54, 1.807) is 0 Å². The van der Waals surface area contributed by atoms with Crippen LogP contribution in [0.4, 0.5) is 0 Å². The molecule has 136 valence electrons. The molecular formula is C26H14S3. The van der Waals surface area contributed by atoms with Gasteiger partial charge in [0.05, 0.1) is 9.40 Å². The summed E-state index contributed by atoms with van der Waals surface area (Å²) in [5.74, 6) is 0. The lowest BCUT2D eigenvalue weighted by Gasteiger charge is -2.07. The van der Waals surface area contributed by atoms with Crippen molar-refractivity contribution in [1.29, 1.82) is 0 Å². The van der Waals surface area contributed by atoms with Crippen molar-refractivity contribution in [3.8, 4) is 11.1 Å². The molecule has 0 unspecified atom stereocenters. The van der Waals surface area contributed by atoms with Crippen LogP contribution in [0, 0.1) is 0 Å². The smallest absolute Gasteiger partial charge is 0.0548 e. The Morgan fingerprint density at radius 3 is 1.72 bits per heavy atom. The first-order chi connectivity index (χ1) is 14.4. The van der Waals surface area contributed by atoms with Crippen molar-refractivity contribution in [2.75, 3.05) is 0 Å². The molecule has 0 nitrogen and oxygen atoms in total. The second-order valence-corrected chi connectivity index (χ2v) is 10.5. The van der Waals surface area contributed by atoms with E-state index < -0.39 is 0 Å². The van der Waals surface area contributed by atoms with Crippen LogP contribution in [0.15, 0.2) is 84.9 Å². The summed E-state index contributed by atoms with van der Waals surface area (Å²) in [5.41, 5.74) is 2.71. The van der Waals surface area contributed by atoms with Gasteiger partial charge in [-0.2, -0.15) is 0 Å². The van der Waals surface area contributed by atoms with Crippen LogP contribution in [0.25, 0.3) is 60.9 Å². The lowest BCUT2D eigenvalue weighted by molar-refractivity contribution is 1.76. The largest absolute Gasteiger partial charge is 0.135 e. The summed E-state index contributed by atoms with van der Waals surface area (Å²) in [7, 11) is 0. The zero-order valence-electron chi connectivity index (χ0n) is 15.3. The zero-order chi connectivity index (χ0) is 18.9. The molecule has 0 fully saturated rings. The SMILES string of the molecule is c1ccc2c(c1)sc1c2sc2cccc(-c3cccc4sc5ccccc5c34)c21. The first kappa shape index (κ1) is 16.1. The minimum absolute atomic E-state index is 1.35. The number of hydrogen-bond acceptors (Lipinski definition) is 3. The number of thiophene rings is 3. The summed E-state index contributed by atoms with van der Waals surface area (Å²) in [6.45, 7) is 0. The monoisotopic (exact) mass is 422 g/mol. The minimum atomic E-state index is 1.35. The fraction of sp³-hybridized carbons (Fsp3) is 0. The molecule has 4 aromatic carbocycles. The highest BCUT2D eigenvalue weighted by Crippen LogP contribution is 2.49. The third kappa shape index (κ3) is 2.18. The predicted octanol–water partition coefficient (Wildman–Crippen LogP) is 9.30. The Hall–Kier alpha value is -2.72. The highest BCUT2D eigenvalue weighted by Gasteiger charge is 2.17. The van der Waals surface area contributed by atoms with Crippen molar-refractivity contribution in [3.05, 3.63) is 84.9 Å². The van der Waals surface area contributed by atoms with Crippen molar-refractivity contribution < 1.29 is 0 Å². The summed E-state index contributed by atoms with van der Waals surface area (Å²) in [4.78, 5) is 0. The second-order valence-electron chi connectivity index (χ2n) is 7.31. The van der Waals surface area contributed by atoms with Gasteiger partial charge < -0.3 is 0 Å². The van der Waals surface area contributed by atoms with Gasteiger partial charge in [0.1, 0.15) is 0 Å². The maximum absolute atomic E-state index is 2.31.